The summed E-state index contributed by atoms with van der Waals surface area (Å²) in [6.45, 7) is 0.849. The predicted octanol–water partition coefficient (Wildman–Crippen LogP) is 3.18. The van der Waals surface area contributed by atoms with Gasteiger partial charge in [0, 0.05) is 24.5 Å². The molecule has 0 unspecified atom stereocenters. The number of alkyl halides is 3. The zero-order valence-corrected chi connectivity index (χ0v) is 11.5. The van der Waals surface area contributed by atoms with E-state index >= 15 is 0 Å². The molecule has 2 aromatic rings. The van der Waals surface area contributed by atoms with E-state index < -0.39 is 12.7 Å². The first-order chi connectivity index (χ1) is 9.42. The van der Waals surface area contributed by atoms with Gasteiger partial charge in [0.05, 0.1) is 5.56 Å². The highest BCUT2D eigenvalue weighted by Crippen LogP contribution is 2.39. The van der Waals surface area contributed by atoms with Crippen molar-refractivity contribution in [3.8, 4) is 11.1 Å². The van der Waals surface area contributed by atoms with Crippen molar-refractivity contribution in [3.05, 3.63) is 24.5 Å². The molecular weight excluding hydrogens is 289 g/mol. The molecule has 0 aromatic carbocycles. The summed E-state index contributed by atoms with van der Waals surface area (Å²) in [4.78, 5) is 5.18. The Morgan fingerprint density at radius 1 is 1.40 bits per heavy atom. The van der Waals surface area contributed by atoms with E-state index in [0.29, 0.717) is 16.1 Å². The standard InChI is InChI=1S/C12H13F3N4S/c1-2-19(7-12(13,14)15)11-9(10(16)18-20-11)8-4-3-5-17-6-8/h3-6H,2,7H2,1H3,(H2,16,18). The van der Waals surface area contributed by atoms with Crippen LogP contribution in [0.4, 0.5) is 24.0 Å². The van der Waals surface area contributed by atoms with Crippen LogP contribution in [0.15, 0.2) is 24.5 Å². The molecular formula is C12H13F3N4S. The minimum Gasteiger partial charge on any atom is -0.382 e. The number of hydrogen-bond donors (Lipinski definition) is 1. The molecule has 2 N–H and O–H groups in total. The Labute approximate surface area is 118 Å². The number of rotatable bonds is 4. The summed E-state index contributed by atoms with van der Waals surface area (Å²) >= 11 is 0.968. The van der Waals surface area contributed by atoms with Crippen molar-refractivity contribution in [1.29, 1.82) is 0 Å². The fourth-order valence-corrected chi connectivity index (χ4v) is 2.73. The monoisotopic (exact) mass is 302 g/mol. The molecule has 20 heavy (non-hydrogen) atoms. The minimum absolute atomic E-state index is 0.217. The van der Waals surface area contributed by atoms with E-state index in [0.717, 1.165) is 11.5 Å². The molecule has 0 radical (unpaired) electrons. The van der Waals surface area contributed by atoms with Crippen molar-refractivity contribution in [2.24, 2.45) is 0 Å². The number of anilines is 2. The van der Waals surface area contributed by atoms with Crippen LogP contribution in [0.1, 0.15) is 6.92 Å². The summed E-state index contributed by atoms with van der Waals surface area (Å²) in [5.41, 5.74) is 6.96. The lowest BCUT2D eigenvalue weighted by molar-refractivity contribution is -0.119. The summed E-state index contributed by atoms with van der Waals surface area (Å²) in [6.07, 6.45) is -1.13. The lowest BCUT2D eigenvalue weighted by Gasteiger charge is -2.23. The van der Waals surface area contributed by atoms with Gasteiger partial charge in [0.25, 0.3) is 0 Å². The average molecular weight is 302 g/mol. The van der Waals surface area contributed by atoms with Gasteiger partial charge in [-0.3, -0.25) is 4.98 Å². The summed E-state index contributed by atoms with van der Waals surface area (Å²) < 4.78 is 41.8. The molecule has 4 nitrogen and oxygen atoms in total. The smallest absolute Gasteiger partial charge is 0.382 e. The third-order valence-electron chi connectivity index (χ3n) is 2.69. The van der Waals surface area contributed by atoms with E-state index in [4.69, 9.17) is 5.73 Å². The van der Waals surface area contributed by atoms with Gasteiger partial charge in [0.1, 0.15) is 17.4 Å². The van der Waals surface area contributed by atoms with Gasteiger partial charge in [-0.15, -0.1) is 0 Å². The Kier molecular flexibility index (Phi) is 4.12. The molecule has 0 spiro atoms. The van der Waals surface area contributed by atoms with Gasteiger partial charge < -0.3 is 10.6 Å². The van der Waals surface area contributed by atoms with Crippen LogP contribution in [0.5, 0.6) is 0 Å². The topological polar surface area (TPSA) is 55.0 Å². The van der Waals surface area contributed by atoms with Gasteiger partial charge in [-0.2, -0.15) is 17.5 Å². The molecule has 0 saturated carbocycles. The van der Waals surface area contributed by atoms with Crippen LogP contribution < -0.4 is 10.6 Å². The van der Waals surface area contributed by atoms with Crippen molar-refractivity contribution in [3.63, 3.8) is 0 Å². The quantitative estimate of drug-likeness (QED) is 0.942. The molecule has 2 heterocycles. The summed E-state index contributed by atoms with van der Waals surface area (Å²) in [5, 5.41) is 0.412. The second-order valence-electron chi connectivity index (χ2n) is 4.12. The first-order valence-electron chi connectivity index (χ1n) is 5.89. The molecule has 108 valence electrons. The van der Waals surface area contributed by atoms with Crippen LogP contribution >= 0.6 is 11.5 Å². The maximum absolute atomic E-state index is 12.6. The zero-order chi connectivity index (χ0) is 14.8. The number of nitrogen functional groups attached to an aromatic ring is 1. The van der Waals surface area contributed by atoms with Gasteiger partial charge in [-0.1, -0.05) is 6.07 Å². The van der Waals surface area contributed by atoms with Gasteiger partial charge in [-0.05, 0) is 24.5 Å². The minimum atomic E-state index is -4.28. The number of nitrogens with zero attached hydrogens (tertiary/aromatic N) is 3. The molecule has 0 bridgehead atoms. The lowest BCUT2D eigenvalue weighted by atomic mass is 10.1. The fraction of sp³-hybridized carbons (Fsp3) is 0.333. The summed E-state index contributed by atoms with van der Waals surface area (Å²) in [5.74, 6) is 0.221. The van der Waals surface area contributed by atoms with Crippen LogP contribution in [0.2, 0.25) is 0 Å². The first kappa shape index (κ1) is 14.6. The van der Waals surface area contributed by atoms with Gasteiger partial charge in [0.2, 0.25) is 0 Å². The highest BCUT2D eigenvalue weighted by atomic mass is 32.1. The number of aromatic nitrogens is 2. The van der Waals surface area contributed by atoms with E-state index in [-0.39, 0.29) is 12.4 Å². The molecule has 0 aliphatic heterocycles. The number of nitrogens with two attached hydrogens (primary N) is 1. The average Bonchev–Trinajstić information content (AvgIpc) is 2.78. The van der Waals surface area contributed by atoms with Crippen molar-refractivity contribution in [2.75, 3.05) is 23.7 Å². The zero-order valence-electron chi connectivity index (χ0n) is 10.7. The molecule has 8 heteroatoms. The largest absolute Gasteiger partial charge is 0.405 e. The molecule has 0 fully saturated rings. The van der Waals surface area contributed by atoms with Crippen LogP contribution in [-0.2, 0) is 0 Å². The van der Waals surface area contributed by atoms with Gasteiger partial charge >= 0.3 is 6.18 Å². The predicted molar refractivity (Wildman–Crippen MR) is 73.7 cm³/mol. The SMILES string of the molecule is CCN(CC(F)(F)F)c1snc(N)c1-c1cccnc1. The highest BCUT2D eigenvalue weighted by molar-refractivity contribution is 7.11. The maximum atomic E-state index is 12.6. The highest BCUT2D eigenvalue weighted by Gasteiger charge is 2.32. The molecule has 0 amide bonds. The van der Waals surface area contributed by atoms with E-state index in [2.05, 4.69) is 9.36 Å². The Morgan fingerprint density at radius 2 is 2.15 bits per heavy atom. The summed E-state index contributed by atoms with van der Waals surface area (Å²) in [7, 11) is 0. The van der Waals surface area contributed by atoms with Gasteiger partial charge in [-0.25, -0.2) is 0 Å². The van der Waals surface area contributed by atoms with E-state index in [1.165, 1.54) is 4.90 Å². The Morgan fingerprint density at radius 3 is 2.70 bits per heavy atom. The molecule has 0 atom stereocenters. The number of halogens is 3. The summed E-state index contributed by atoms with van der Waals surface area (Å²) in [6, 6.07) is 3.45. The molecule has 0 aliphatic rings. The van der Waals surface area contributed by atoms with E-state index in [9.17, 15) is 13.2 Å². The Hall–Kier alpha value is -1.83. The van der Waals surface area contributed by atoms with E-state index in [1.54, 1.807) is 31.5 Å². The number of pyridine rings is 1. The van der Waals surface area contributed by atoms with Crippen LogP contribution in [0, 0.1) is 0 Å². The first-order valence-corrected chi connectivity index (χ1v) is 6.67. The number of hydrogen-bond acceptors (Lipinski definition) is 5. The lowest BCUT2D eigenvalue weighted by Crippen LogP contribution is -2.33. The van der Waals surface area contributed by atoms with Crippen molar-refractivity contribution in [1.82, 2.24) is 9.36 Å². The molecule has 2 rings (SSSR count). The molecule has 0 saturated heterocycles. The van der Waals surface area contributed by atoms with Crippen LogP contribution in [0.3, 0.4) is 0 Å². The van der Waals surface area contributed by atoms with Crippen LogP contribution in [0.25, 0.3) is 11.1 Å². The van der Waals surface area contributed by atoms with Crippen molar-refractivity contribution < 1.29 is 13.2 Å². The molecule has 0 aliphatic carbocycles. The second-order valence-corrected chi connectivity index (χ2v) is 4.87. The van der Waals surface area contributed by atoms with Gasteiger partial charge in [0.15, 0.2) is 0 Å². The molecule has 2 aromatic heterocycles. The Bertz CT molecular complexity index is 568. The second kappa shape index (κ2) is 5.66. The normalized spacial score (nSPS) is 11.6. The maximum Gasteiger partial charge on any atom is 0.405 e. The third-order valence-corrected chi connectivity index (χ3v) is 3.61. The van der Waals surface area contributed by atoms with Crippen LogP contribution in [-0.4, -0.2) is 28.6 Å². The van der Waals surface area contributed by atoms with E-state index in [1.807, 2.05) is 0 Å². The third kappa shape index (κ3) is 3.19. The Balaban J connectivity index is 2.42. The fourth-order valence-electron chi connectivity index (χ4n) is 1.83. The van der Waals surface area contributed by atoms with Crippen molar-refractivity contribution in [2.45, 2.75) is 13.1 Å². The van der Waals surface area contributed by atoms with Crippen molar-refractivity contribution >= 4 is 22.4 Å².